The largest absolute Gasteiger partial charge is 0.453 e. The van der Waals surface area contributed by atoms with Gasteiger partial charge in [-0.05, 0) is 11.4 Å². The predicted octanol–water partition coefficient (Wildman–Crippen LogP) is 2.52. The molecule has 0 unspecified atom stereocenters. The zero-order chi connectivity index (χ0) is 11.5. The molecule has 0 radical (unpaired) electrons. The van der Waals surface area contributed by atoms with E-state index in [1.54, 1.807) is 38.3 Å². The third-order valence-corrected chi connectivity index (χ3v) is 2.74. The molecule has 0 spiro atoms. The van der Waals surface area contributed by atoms with Crippen LogP contribution in [0.3, 0.4) is 0 Å². The lowest BCUT2D eigenvalue weighted by Crippen LogP contribution is -2.26. The van der Waals surface area contributed by atoms with Crippen molar-refractivity contribution in [2.45, 2.75) is 20.8 Å². The van der Waals surface area contributed by atoms with Crippen molar-refractivity contribution >= 4 is 23.1 Å². The lowest BCUT2D eigenvalue weighted by Gasteiger charge is -2.15. The van der Waals surface area contributed by atoms with Gasteiger partial charge in [0.2, 0.25) is 0 Å². The van der Waals surface area contributed by atoms with Crippen LogP contribution in [0.25, 0.3) is 0 Å². The molecule has 0 aliphatic rings. The lowest BCUT2D eigenvalue weighted by molar-refractivity contribution is -0.129. The number of Topliss-reactive ketones (excluding diaryl/α,β-unsaturated/α-hetero) is 1. The van der Waals surface area contributed by atoms with Crippen molar-refractivity contribution < 1.29 is 14.3 Å². The molecule has 1 aromatic heterocycles. The molecule has 0 amide bonds. The highest BCUT2D eigenvalue weighted by molar-refractivity contribution is 7.11. The van der Waals surface area contributed by atoms with Crippen LogP contribution < -0.4 is 0 Å². The molecule has 0 aliphatic carbocycles. The number of carbonyl (C=O) groups is 2. The van der Waals surface area contributed by atoms with Crippen LogP contribution in [0.1, 0.15) is 30.4 Å². The average molecular weight is 226 g/mol. The molecule has 0 fully saturated rings. The van der Waals surface area contributed by atoms with Crippen molar-refractivity contribution in [2.75, 3.05) is 6.61 Å². The maximum absolute atomic E-state index is 11.5. The van der Waals surface area contributed by atoms with Crippen molar-refractivity contribution in [3.8, 4) is 0 Å². The highest BCUT2D eigenvalue weighted by Crippen LogP contribution is 2.15. The standard InChI is InChI=1S/C11H14O3S/c1-11(2,3)9(12)7-14-10(13)8-5-4-6-15-8/h4-6H,7H2,1-3H3. The molecule has 0 saturated carbocycles. The molecular formula is C11H14O3S. The average Bonchev–Trinajstić information content (AvgIpc) is 2.64. The smallest absolute Gasteiger partial charge is 0.348 e. The maximum atomic E-state index is 11.5. The molecule has 0 atom stereocenters. The van der Waals surface area contributed by atoms with E-state index in [2.05, 4.69) is 0 Å². The number of hydrogen-bond acceptors (Lipinski definition) is 4. The Kier molecular flexibility index (Phi) is 3.63. The van der Waals surface area contributed by atoms with Gasteiger partial charge in [-0.3, -0.25) is 4.79 Å². The quantitative estimate of drug-likeness (QED) is 0.744. The van der Waals surface area contributed by atoms with Crippen LogP contribution >= 0.6 is 11.3 Å². The van der Waals surface area contributed by atoms with Crippen LogP contribution in [-0.2, 0) is 9.53 Å². The van der Waals surface area contributed by atoms with Crippen molar-refractivity contribution in [3.63, 3.8) is 0 Å². The van der Waals surface area contributed by atoms with Crippen molar-refractivity contribution in [1.82, 2.24) is 0 Å². The maximum Gasteiger partial charge on any atom is 0.348 e. The van der Waals surface area contributed by atoms with Gasteiger partial charge in [0.25, 0.3) is 0 Å². The molecule has 1 rings (SSSR count). The van der Waals surface area contributed by atoms with E-state index < -0.39 is 11.4 Å². The summed E-state index contributed by atoms with van der Waals surface area (Å²) >= 11 is 1.30. The molecule has 0 bridgehead atoms. The Labute approximate surface area is 93.1 Å². The van der Waals surface area contributed by atoms with Crippen LogP contribution in [0.4, 0.5) is 0 Å². The topological polar surface area (TPSA) is 43.4 Å². The van der Waals surface area contributed by atoms with Crippen molar-refractivity contribution in [1.29, 1.82) is 0 Å². The third-order valence-electron chi connectivity index (χ3n) is 1.89. The summed E-state index contributed by atoms with van der Waals surface area (Å²) in [6.45, 7) is 5.25. The fourth-order valence-electron chi connectivity index (χ4n) is 0.813. The summed E-state index contributed by atoms with van der Waals surface area (Å²) in [5, 5.41) is 1.79. The highest BCUT2D eigenvalue weighted by atomic mass is 32.1. The molecule has 15 heavy (non-hydrogen) atoms. The van der Waals surface area contributed by atoms with Gasteiger partial charge in [0.15, 0.2) is 12.4 Å². The zero-order valence-corrected chi connectivity index (χ0v) is 9.89. The second kappa shape index (κ2) is 4.57. The monoisotopic (exact) mass is 226 g/mol. The predicted molar refractivity (Wildman–Crippen MR) is 59.1 cm³/mol. The van der Waals surface area contributed by atoms with E-state index in [0.29, 0.717) is 4.88 Å². The first-order valence-corrected chi connectivity index (χ1v) is 5.53. The Hall–Kier alpha value is -1.16. The van der Waals surface area contributed by atoms with E-state index in [1.807, 2.05) is 0 Å². The van der Waals surface area contributed by atoms with Gasteiger partial charge in [0, 0.05) is 5.41 Å². The molecule has 82 valence electrons. The zero-order valence-electron chi connectivity index (χ0n) is 9.07. The first-order chi connectivity index (χ1) is 6.91. The van der Waals surface area contributed by atoms with Crippen LogP contribution in [0.15, 0.2) is 17.5 Å². The molecule has 0 aliphatic heterocycles. The molecule has 3 nitrogen and oxygen atoms in total. The summed E-state index contributed by atoms with van der Waals surface area (Å²) in [6, 6.07) is 3.45. The fraction of sp³-hybridized carbons (Fsp3) is 0.455. The molecule has 0 aromatic carbocycles. The number of hydrogen-bond donors (Lipinski definition) is 0. The minimum absolute atomic E-state index is 0.0765. The number of rotatable bonds is 3. The summed E-state index contributed by atoms with van der Waals surface area (Å²) in [7, 11) is 0. The fourth-order valence-corrected chi connectivity index (χ4v) is 1.43. The Bertz CT molecular complexity index is 346. The van der Waals surface area contributed by atoms with E-state index in [1.165, 1.54) is 11.3 Å². The van der Waals surface area contributed by atoms with Gasteiger partial charge in [-0.1, -0.05) is 26.8 Å². The minimum atomic E-state index is -0.463. The molecule has 1 heterocycles. The van der Waals surface area contributed by atoms with Gasteiger partial charge >= 0.3 is 5.97 Å². The van der Waals surface area contributed by atoms with Crippen molar-refractivity contribution in [3.05, 3.63) is 22.4 Å². The number of ether oxygens (including phenoxy) is 1. The number of ketones is 1. The summed E-state index contributed by atoms with van der Waals surface area (Å²) in [5.74, 6) is -0.505. The van der Waals surface area contributed by atoms with Crippen LogP contribution in [0, 0.1) is 5.41 Å². The summed E-state index contributed by atoms with van der Waals surface area (Å²) in [6.07, 6.45) is 0. The van der Waals surface area contributed by atoms with E-state index >= 15 is 0 Å². The lowest BCUT2D eigenvalue weighted by atomic mass is 9.91. The Morgan fingerprint density at radius 2 is 2.07 bits per heavy atom. The molecule has 0 N–H and O–H groups in total. The summed E-state index contributed by atoms with van der Waals surface area (Å²) in [4.78, 5) is 23.4. The summed E-state index contributed by atoms with van der Waals surface area (Å²) < 4.78 is 4.90. The normalized spacial score (nSPS) is 11.1. The van der Waals surface area contributed by atoms with Crippen LogP contribution in [-0.4, -0.2) is 18.4 Å². The Balaban J connectivity index is 2.45. The first-order valence-electron chi connectivity index (χ1n) is 4.65. The van der Waals surface area contributed by atoms with E-state index in [-0.39, 0.29) is 12.4 Å². The second-order valence-corrected chi connectivity index (χ2v) is 5.17. The summed E-state index contributed by atoms with van der Waals surface area (Å²) in [5.41, 5.74) is -0.463. The Morgan fingerprint density at radius 1 is 1.40 bits per heavy atom. The van der Waals surface area contributed by atoms with E-state index in [4.69, 9.17) is 4.74 Å². The van der Waals surface area contributed by atoms with Crippen molar-refractivity contribution in [2.24, 2.45) is 5.41 Å². The van der Waals surface area contributed by atoms with Gasteiger partial charge < -0.3 is 4.74 Å². The Morgan fingerprint density at radius 3 is 2.53 bits per heavy atom. The number of carbonyl (C=O) groups excluding carboxylic acids is 2. The molecular weight excluding hydrogens is 212 g/mol. The number of esters is 1. The van der Waals surface area contributed by atoms with E-state index in [0.717, 1.165) is 0 Å². The number of thiophene rings is 1. The van der Waals surface area contributed by atoms with Gasteiger partial charge in [0.05, 0.1) is 0 Å². The first kappa shape index (κ1) is 11.9. The van der Waals surface area contributed by atoms with Gasteiger partial charge in [0.1, 0.15) is 4.88 Å². The van der Waals surface area contributed by atoms with Crippen LogP contribution in [0.2, 0.25) is 0 Å². The van der Waals surface area contributed by atoms with E-state index in [9.17, 15) is 9.59 Å². The molecule has 4 heteroatoms. The van der Waals surface area contributed by atoms with Gasteiger partial charge in [-0.15, -0.1) is 11.3 Å². The minimum Gasteiger partial charge on any atom is -0.453 e. The second-order valence-electron chi connectivity index (χ2n) is 4.23. The van der Waals surface area contributed by atoms with Gasteiger partial charge in [-0.2, -0.15) is 0 Å². The molecule has 1 aromatic rings. The third kappa shape index (κ3) is 3.47. The van der Waals surface area contributed by atoms with Crippen LogP contribution in [0.5, 0.6) is 0 Å². The van der Waals surface area contributed by atoms with Gasteiger partial charge in [-0.25, -0.2) is 4.79 Å². The molecule has 0 saturated heterocycles. The highest BCUT2D eigenvalue weighted by Gasteiger charge is 2.22. The SMILES string of the molecule is CC(C)(C)C(=O)COC(=O)c1cccs1.